The van der Waals surface area contributed by atoms with Crippen molar-refractivity contribution in [2.24, 2.45) is 0 Å². The summed E-state index contributed by atoms with van der Waals surface area (Å²) in [5.41, 5.74) is 14.7. The second-order valence-corrected chi connectivity index (χ2v) is 13.4. The third-order valence-electron chi connectivity index (χ3n) is 10.3. The summed E-state index contributed by atoms with van der Waals surface area (Å²) in [5, 5.41) is 14.5. The van der Waals surface area contributed by atoms with Crippen molar-refractivity contribution in [1.82, 2.24) is 15.0 Å². The van der Waals surface area contributed by atoms with Gasteiger partial charge in [-0.25, -0.2) is 0 Å². The van der Waals surface area contributed by atoms with E-state index in [0.29, 0.717) is 0 Å². The maximum atomic E-state index is 6.36. The summed E-state index contributed by atoms with van der Waals surface area (Å²) < 4.78 is 12.7. The van der Waals surface area contributed by atoms with Crippen LogP contribution in [0, 0.1) is 0 Å². The summed E-state index contributed by atoms with van der Waals surface area (Å²) in [7, 11) is 0. The summed E-state index contributed by atoms with van der Waals surface area (Å²) in [6.45, 7) is 0. The molecule has 3 heterocycles. The normalized spacial score (nSPS) is 11.8. The number of nitrogens with zero attached hydrogens (tertiary/aromatic N) is 3. The Morgan fingerprint density at radius 2 is 0.868 bits per heavy atom. The quantitative estimate of drug-likeness (QED) is 0.182. The maximum Gasteiger partial charge on any atom is 0.136 e. The molecular formula is C48H29N3O2. The van der Waals surface area contributed by atoms with Crippen LogP contribution in [0.4, 0.5) is 0 Å². The third-order valence-corrected chi connectivity index (χ3v) is 10.3. The number of furan rings is 2. The monoisotopic (exact) mass is 679 g/mol. The van der Waals surface area contributed by atoms with Crippen molar-refractivity contribution in [3.05, 3.63) is 176 Å². The molecule has 0 bridgehead atoms. The minimum absolute atomic E-state index is 0.822. The van der Waals surface area contributed by atoms with Gasteiger partial charge >= 0.3 is 0 Å². The van der Waals surface area contributed by atoms with Gasteiger partial charge in [-0.05, 0) is 106 Å². The topological polar surface area (TPSA) is 57.0 Å². The summed E-state index contributed by atoms with van der Waals surface area (Å²) in [6, 6.07) is 61.1. The number of aromatic nitrogens is 3. The van der Waals surface area contributed by atoms with Crippen molar-refractivity contribution >= 4 is 54.9 Å². The third kappa shape index (κ3) is 4.79. The molecule has 0 N–H and O–H groups in total. The average molecular weight is 680 g/mol. The molecule has 5 heteroatoms. The Morgan fingerprint density at radius 3 is 1.49 bits per heavy atom. The average Bonchev–Trinajstić information content (AvgIpc) is 3.94. The van der Waals surface area contributed by atoms with Gasteiger partial charge in [-0.2, -0.15) is 4.80 Å². The van der Waals surface area contributed by atoms with Gasteiger partial charge < -0.3 is 8.83 Å². The van der Waals surface area contributed by atoms with Crippen LogP contribution in [0.1, 0.15) is 0 Å². The minimum atomic E-state index is 0.822. The van der Waals surface area contributed by atoms with E-state index in [4.69, 9.17) is 19.0 Å². The van der Waals surface area contributed by atoms with Gasteiger partial charge in [0, 0.05) is 27.1 Å². The van der Waals surface area contributed by atoms with Gasteiger partial charge in [-0.3, -0.25) is 0 Å². The van der Waals surface area contributed by atoms with Gasteiger partial charge in [-0.1, -0.05) is 109 Å². The molecule has 11 aromatic rings. The zero-order chi connectivity index (χ0) is 34.9. The van der Waals surface area contributed by atoms with Gasteiger partial charge in [0.05, 0.1) is 5.69 Å². The van der Waals surface area contributed by atoms with E-state index in [1.807, 2.05) is 60.7 Å². The second kappa shape index (κ2) is 11.7. The van der Waals surface area contributed by atoms with E-state index in [9.17, 15) is 0 Å². The molecule has 0 aliphatic heterocycles. The maximum absolute atomic E-state index is 6.36. The van der Waals surface area contributed by atoms with Crippen molar-refractivity contribution < 1.29 is 8.83 Å². The first-order valence-corrected chi connectivity index (χ1v) is 17.7. The lowest BCUT2D eigenvalue weighted by Crippen LogP contribution is -1.97. The van der Waals surface area contributed by atoms with Crippen LogP contribution >= 0.6 is 0 Å². The molecule has 0 amide bonds. The van der Waals surface area contributed by atoms with Crippen LogP contribution in [0.2, 0.25) is 0 Å². The van der Waals surface area contributed by atoms with Crippen LogP contribution in [0.3, 0.4) is 0 Å². The number of fused-ring (bicyclic) bond motifs is 7. The lowest BCUT2D eigenvalue weighted by molar-refractivity contribution is 0.668. The molecule has 0 atom stereocenters. The molecule has 0 unspecified atom stereocenters. The Kier molecular flexibility index (Phi) is 6.48. The predicted octanol–water partition coefficient (Wildman–Crippen LogP) is 12.9. The minimum Gasteiger partial charge on any atom is -0.456 e. The fraction of sp³-hybridized carbons (Fsp3) is 0. The van der Waals surface area contributed by atoms with Crippen LogP contribution in [0.5, 0.6) is 0 Å². The van der Waals surface area contributed by atoms with Gasteiger partial charge in [-0.15, -0.1) is 10.2 Å². The van der Waals surface area contributed by atoms with E-state index in [1.165, 1.54) is 0 Å². The van der Waals surface area contributed by atoms with Crippen LogP contribution < -0.4 is 0 Å². The highest BCUT2D eigenvalue weighted by atomic mass is 16.3. The van der Waals surface area contributed by atoms with Crippen LogP contribution in [0.15, 0.2) is 185 Å². The van der Waals surface area contributed by atoms with Gasteiger partial charge in [0.2, 0.25) is 0 Å². The molecule has 0 aliphatic rings. The summed E-state index contributed by atoms with van der Waals surface area (Å²) in [5.74, 6) is 0. The Hall–Kier alpha value is -7.24. The SMILES string of the molecule is c1ccc(-c2cc(-c3cc(-c4cccc5oc6ccccc6c45)cc(-c4cccc5oc6ccccc6c45)c3)cc3nn(-c4ccccc4)nc23)cc1. The van der Waals surface area contributed by atoms with Crippen LogP contribution in [-0.4, -0.2) is 15.0 Å². The first kappa shape index (κ1) is 29.5. The number of benzene rings is 8. The highest BCUT2D eigenvalue weighted by molar-refractivity contribution is 6.15. The van der Waals surface area contributed by atoms with Crippen molar-refractivity contribution in [1.29, 1.82) is 0 Å². The van der Waals surface area contributed by atoms with Crippen molar-refractivity contribution in [2.75, 3.05) is 0 Å². The molecule has 11 rings (SSSR count). The highest BCUT2D eigenvalue weighted by Crippen LogP contribution is 2.43. The standard InChI is InChI=1S/C48H29N3O2/c1-3-13-30(14-4-1)40-28-32(29-41-48(40)50-51(49-41)35-15-5-2-6-16-35)31-25-33(36-19-11-23-44-46(36)38-17-7-9-21-42(38)52-44)27-34(26-31)37-20-12-24-45-47(37)39-18-8-10-22-43(39)53-45/h1-29H. The number of rotatable bonds is 5. The molecule has 0 aliphatic carbocycles. The molecular weight excluding hydrogens is 651 g/mol. The highest BCUT2D eigenvalue weighted by Gasteiger charge is 2.19. The Balaban J connectivity index is 1.21. The van der Waals surface area contributed by atoms with E-state index in [2.05, 4.69) is 115 Å². The molecule has 248 valence electrons. The van der Waals surface area contributed by atoms with Crippen molar-refractivity contribution in [3.63, 3.8) is 0 Å². The van der Waals surface area contributed by atoms with Gasteiger partial charge in [0.25, 0.3) is 0 Å². The van der Waals surface area contributed by atoms with E-state index < -0.39 is 0 Å². The molecule has 0 spiro atoms. The van der Waals surface area contributed by atoms with Gasteiger partial charge in [0.15, 0.2) is 0 Å². The van der Waals surface area contributed by atoms with Crippen LogP contribution in [0.25, 0.3) is 105 Å². The Morgan fingerprint density at radius 1 is 0.358 bits per heavy atom. The summed E-state index contributed by atoms with van der Waals surface area (Å²) in [6.07, 6.45) is 0. The zero-order valence-electron chi connectivity index (χ0n) is 28.4. The van der Waals surface area contributed by atoms with E-state index >= 15 is 0 Å². The zero-order valence-corrected chi connectivity index (χ0v) is 28.4. The lowest BCUT2D eigenvalue weighted by Gasteiger charge is -2.14. The summed E-state index contributed by atoms with van der Waals surface area (Å²) in [4.78, 5) is 1.73. The van der Waals surface area contributed by atoms with E-state index in [0.717, 1.165) is 105 Å². The Bertz CT molecular complexity index is 3040. The molecule has 3 aromatic heterocycles. The lowest BCUT2D eigenvalue weighted by atomic mass is 9.89. The predicted molar refractivity (Wildman–Crippen MR) is 215 cm³/mol. The molecule has 0 radical (unpaired) electrons. The molecule has 8 aromatic carbocycles. The molecule has 0 saturated heterocycles. The fourth-order valence-electron chi connectivity index (χ4n) is 7.84. The van der Waals surface area contributed by atoms with E-state index in [1.54, 1.807) is 4.80 Å². The molecule has 53 heavy (non-hydrogen) atoms. The largest absolute Gasteiger partial charge is 0.456 e. The fourth-order valence-corrected chi connectivity index (χ4v) is 7.84. The van der Waals surface area contributed by atoms with Gasteiger partial charge in [0.1, 0.15) is 33.4 Å². The molecule has 0 saturated carbocycles. The number of hydrogen-bond donors (Lipinski definition) is 0. The van der Waals surface area contributed by atoms with E-state index in [-0.39, 0.29) is 0 Å². The smallest absolute Gasteiger partial charge is 0.136 e. The number of para-hydroxylation sites is 3. The molecule has 0 fully saturated rings. The first-order valence-electron chi connectivity index (χ1n) is 17.7. The van der Waals surface area contributed by atoms with Crippen LogP contribution in [-0.2, 0) is 0 Å². The first-order chi connectivity index (χ1) is 26.2. The second-order valence-electron chi connectivity index (χ2n) is 13.4. The Labute approximate surface area is 304 Å². The summed E-state index contributed by atoms with van der Waals surface area (Å²) >= 11 is 0. The van der Waals surface area contributed by atoms with Crippen molar-refractivity contribution in [2.45, 2.75) is 0 Å². The number of hydrogen-bond acceptors (Lipinski definition) is 4. The van der Waals surface area contributed by atoms with Crippen molar-refractivity contribution in [3.8, 4) is 50.2 Å². The molecule has 5 nitrogen and oxygen atoms in total.